The molecular weight excluding hydrogens is 382 g/mol. The van der Waals surface area contributed by atoms with Crippen molar-refractivity contribution in [2.24, 2.45) is 0 Å². The number of hydrogen-bond donors (Lipinski definition) is 2. The molecule has 4 nitrogen and oxygen atoms in total. The smallest absolute Gasteiger partial charge is 0.142 e. The van der Waals surface area contributed by atoms with Crippen molar-refractivity contribution in [2.75, 3.05) is 29.2 Å². The maximum atomic E-state index is 5.55. The number of nitrogens with one attached hydrogen (secondary N) is 2. The molecule has 0 heterocycles. The fraction of sp³-hybridized carbons (Fsp3) is 0.259. The largest absolute Gasteiger partial charge is 0.495 e. The molecule has 0 saturated carbocycles. The summed E-state index contributed by atoms with van der Waals surface area (Å²) in [6.07, 6.45) is 1.86. The zero-order valence-corrected chi connectivity index (χ0v) is 19.3. The molecular formula is C27H33N3O. The van der Waals surface area contributed by atoms with Crippen LogP contribution in [0.5, 0.6) is 5.75 Å². The number of methoxy groups -OCH3 is 1. The maximum absolute atomic E-state index is 5.55. The van der Waals surface area contributed by atoms with Crippen molar-refractivity contribution < 1.29 is 4.74 Å². The van der Waals surface area contributed by atoms with Crippen LogP contribution in [0.3, 0.4) is 0 Å². The molecule has 2 N–H and O–H groups in total. The Morgan fingerprint density at radius 1 is 1.00 bits per heavy atom. The van der Waals surface area contributed by atoms with E-state index in [0.717, 1.165) is 40.1 Å². The third-order valence-electron chi connectivity index (χ3n) is 5.41. The van der Waals surface area contributed by atoms with E-state index < -0.39 is 0 Å². The Morgan fingerprint density at radius 3 is 2.29 bits per heavy atom. The molecule has 0 saturated heterocycles. The lowest BCUT2D eigenvalue weighted by Gasteiger charge is -2.23. The van der Waals surface area contributed by atoms with Crippen LogP contribution in [0.4, 0.5) is 17.1 Å². The molecule has 0 radical (unpaired) electrons. The average Bonchev–Trinajstić information content (AvgIpc) is 2.75. The normalized spacial score (nSPS) is 11.1. The van der Waals surface area contributed by atoms with Crippen LogP contribution in [0.2, 0.25) is 0 Å². The Balaban J connectivity index is 1.91. The van der Waals surface area contributed by atoms with Gasteiger partial charge < -0.3 is 20.3 Å². The molecule has 0 spiro atoms. The Labute approximate surface area is 186 Å². The van der Waals surface area contributed by atoms with E-state index in [-0.39, 0.29) is 5.41 Å². The predicted octanol–water partition coefficient (Wildman–Crippen LogP) is 7.11. The lowest BCUT2D eigenvalue weighted by atomic mass is 9.87. The first-order chi connectivity index (χ1) is 14.8. The van der Waals surface area contributed by atoms with E-state index in [9.17, 15) is 0 Å². The Bertz CT molecular complexity index is 1100. The van der Waals surface area contributed by atoms with E-state index in [1.165, 1.54) is 5.56 Å². The lowest BCUT2D eigenvalue weighted by Crippen LogP contribution is -2.15. The Hall–Kier alpha value is -3.40. The fourth-order valence-electron chi connectivity index (χ4n) is 3.67. The number of hydrogen-bond acceptors (Lipinski definition) is 4. The maximum Gasteiger partial charge on any atom is 0.142 e. The molecule has 0 aliphatic heterocycles. The monoisotopic (exact) mass is 415 g/mol. The van der Waals surface area contributed by atoms with E-state index in [1.54, 1.807) is 7.11 Å². The SMILES string of the molecule is C=CN(CC)c1ccc(NC(=C)Nc2cc(C(C)(C)C)ccc2OC)c2ccccc12. The summed E-state index contributed by atoms with van der Waals surface area (Å²) in [5, 5.41) is 9.11. The molecule has 0 aromatic heterocycles. The molecule has 0 aliphatic rings. The first-order valence-corrected chi connectivity index (χ1v) is 10.6. The van der Waals surface area contributed by atoms with Crippen LogP contribution in [0.1, 0.15) is 33.3 Å². The van der Waals surface area contributed by atoms with Gasteiger partial charge in [-0.15, -0.1) is 0 Å². The van der Waals surface area contributed by atoms with Gasteiger partial charge >= 0.3 is 0 Å². The van der Waals surface area contributed by atoms with Crippen molar-refractivity contribution in [3.05, 3.63) is 85.3 Å². The van der Waals surface area contributed by atoms with Crippen molar-refractivity contribution in [3.63, 3.8) is 0 Å². The van der Waals surface area contributed by atoms with Crippen molar-refractivity contribution in [3.8, 4) is 5.75 Å². The van der Waals surface area contributed by atoms with Crippen molar-refractivity contribution >= 4 is 27.8 Å². The molecule has 162 valence electrons. The number of ether oxygens (including phenoxy) is 1. The lowest BCUT2D eigenvalue weighted by molar-refractivity contribution is 0.416. The van der Waals surface area contributed by atoms with Gasteiger partial charge in [0.05, 0.1) is 12.8 Å². The van der Waals surface area contributed by atoms with Crippen LogP contribution in [0.25, 0.3) is 10.8 Å². The van der Waals surface area contributed by atoms with E-state index in [2.05, 4.69) is 98.9 Å². The Kier molecular flexibility index (Phi) is 6.59. The highest BCUT2D eigenvalue weighted by molar-refractivity contribution is 6.02. The van der Waals surface area contributed by atoms with E-state index in [0.29, 0.717) is 5.82 Å². The van der Waals surface area contributed by atoms with Gasteiger partial charge in [0.2, 0.25) is 0 Å². The van der Waals surface area contributed by atoms with Crippen LogP contribution in [-0.2, 0) is 5.41 Å². The highest BCUT2D eigenvalue weighted by Crippen LogP contribution is 2.35. The number of fused-ring (bicyclic) bond motifs is 1. The summed E-state index contributed by atoms with van der Waals surface area (Å²) in [5.74, 6) is 1.46. The quantitative estimate of drug-likeness (QED) is 0.411. The van der Waals surface area contributed by atoms with Gasteiger partial charge in [0.15, 0.2) is 0 Å². The van der Waals surface area contributed by atoms with Crippen molar-refractivity contribution in [1.82, 2.24) is 0 Å². The molecule has 31 heavy (non-hydrogen) atoms. The van der Waals surface area contributed by atoms with Gasteiger partial charge in [-0.2, -0.15) is 0 Å². The van der Waals surface area contributed by atoms with E-state index >= 15 is 0 Å². The summed E-state index contributed by atoms with van der Waals surface area (Å²) in [6, 6.07) is 18.8. The summed E-state index contributed by atoms with van der Waals surface area (Å²) < 4.78 is 5.55. The number of benzene rings is 3. The van der Waals surface area contributed by atoms with Gasteiger partial charge in [0.25, 0.3) is 0 Å². The summed E-state index contributed by atoms with van der Waals surface area (Å²) in [7, 11) is 1.68. The minimum atomic E-state index is 0.0415. The second kappa shape index (κ2) is 9.17. The van der Waals surface area contributed by atoms with Gasteiger partial charge in [-0.3, -0.25) is 0 Å². The molecule has 3 aromatic carbocycles. The third-order valence-corrected chi connectivity index (χ3v) is 5.41. The third kappa shape index (κ3) is 4.85. The highest BCUT2D eigenvalue weighted by atomic mass is 16.5. The summed E-state index contributed by atoms with van der Waals surface area (Å²) >= 11 is 0. The molecule has 0 bridgehead atoms. The van der Waals surface area contributed by atoms with Crippen LogP contribution in [0, 0.1) is 0 Å². The number of anilines is 3. The van der Waals surface area contributed by atoms with Gasteiger partial charge in [-0.1, -0.05) is 64.3 Å². The molecule has 3 rings (SSSR count). The molecule has 0 aliphatic carbocycles. The van der Waals surface area contributed by atoms with Gasteiger partial charge in [0, 0.05) is 28.7 Å². The van der Waals surface area contributed by atoms with Gasteiger partial charge in [0.1, 0.15) is 11.6 Å². The zero-order valence-electron chi connectivity index (χ0n) is 19.3. The van der Waals surface area contributed by atoms with Gasteiger partial charge in [-0.25, -0.2) is 0 Å². The molecule has 3 aromatic rings. The van der Waals surface area contributed by atoms with Crippen LogP contribution >= 0.6 is 0 Å². The van der Waals surface area contributed by atoms with Crippen LogP contribution in [0.15, 0.2) is 79.8 Å². The molecule has 0 atom stereocenters. The summed E-state index contributed by atoms with van der Waals surface area (Å²) in [5.41, 5.74) is 4.28. The number of rotatable bonds is 8. The van der Waals surface area contributed by atoms with Crippen LogP contribution in [-0.4, -0.2) is 13.7 Å². The van der Waals surface area contributed by atoms with Crippen molar-refractivity contribution in [1.29, 1.82) is 0 Å². The van der Waals surface area contributed by atoms with Gasteiger partial charge in [-0.05, 0) is 48.4 Å². The zero-order chi connectivity index (χ0) is 22.6. The molecule has 0 unspecified atom stereocenters. The molecule has 0 amide bonds. The Morgan fingerprint density at radius 2 is 1.68 bits per heavy atom. The second-order valence-corrected chi connectivity index (χ2v) is 8.54. The second-order valence-electron chi connectivity index (χ2n) is 8.54. The minimum Gasteiger partial charge on any atom is -0.495 e. The summed E-state index contributed by atoms with van der Waals surface area (Å²) in [4.78, 5) is 2.14. The number of nitrogens with zero attached hydrogens (tertiary/aromatic N) is 1. The topological polar surface area (TPSA) is 36.5 Å². The van der Waals surface area contributed by atoms with E-state index in [4.69, 9.17) is 4.74 Å². The first-order valence-electron chi connectivity index (χ1n) is 10.6. The highest BCUT2D eigenvalue weighted by Gasteiger charge is 2.16. The first kappa shape index (κ1) is 22.3. The standard InChI is InChI=1S/C27H33N3O/c1-8-30(9-2)25-16-15-23(21-12-10-11-13-22(21)25)28-19(3)29-24-18-20(27(4,5)6)14-17-26(24)31-7/h8,10-18,28-29H,1,3,9H2,2,4-7H3. The minimum absolute atomic E-state index is 0.0415. The predicted molar refractivity (Wildman–Crippen MR) is 135 cm³/mol. The summed E-state index contributed by atoms with van der Waals surface area (Å²) in [6.45, 7) is 17.7. The fourth-order valence-corrected chi connectivity index (χ4v) is 3.67. The molecule has 0 fully saturated rings. The van der Waals surface area contributed by atoms with Crippen LogP contribution < -0.4 is 20.3 Å². The molecule has 4 heteroatoms. The average molecular weight is 416 g/mol. The van der Waals surface area contributed by atoms with E-state index in [1.807, 2.05) is 18.3 Å². The van der Waals surface area contributed by atoms with Crippen molar-refractivity contribution in [2.45, 2.75) is 33.1 Å².